The van der Waals surface area contributed by atoms with Gasteiger partial charge in [-0.05, 0) is 31.5 Å². The minimum atomic E-state index is 0.0924. The van der Waals surface area contributed by atoms with Gasteiger partial charge in [-0.25, -0.2) is 9.67 Å². The fourth-order valence-corrected chi connectivity index (χ4v) is 2.93. The van der Waals surface area contributed by atoms with Crippen molar-refractivity contribution in [1.82, 2.24) is 19.7 Å². The average molecular weight is 332 g/mol. The van der Waals surface area contributed by atoms with E-state index in [1.807, 2.05) is 29.8 Å². The van der Waals surface area contributed by atoms with Crippen LogP contribution in [-0.2, 0) is 13.1 Å². The number of aliphatic hydroxyl groups excluding tert-OH is 1. The van der Waals surface area contributed by atoms with E-state index in [0.29, 0.717) is 26.3 Å². The molecule has 0 radical (unpaired) electrons. The SMILES string of the molecule is CCn1ncnc1CN(CCO)C(C)c1ccc2c(c1)OCCO2. The summed E-state index contributed by atoms with van der Waals surface area (Å²) in [6, 6.07) is 6.13. The quantitative estimate of drug-likeness (QED) is 0.831. The van der Waals surface area contributed by atoms with E-state index in [2.05, 4.69) is 21.9 Å². The topological polar surface area (TPSA) is 72.6 Å². The summed E-state index contributed by atoms with van der Waals surface area (Å²) in [7, 11) is 0. The molecule has 1 aromatic heterocycles. The number of hydrogen-bond acceptors (Lipinski definition) is 6. The van der Waals surface area contributed by atoms with Gasteiger partial charge in [-0.15, -0.1) is 0 Å². The van der Waals surface area contributed by atoms with Gasteiger partial charge in [0.2, 0.25) is 0 Å². The number of ether oxygens (including phenoxy) is 2. The molecular formula is C17H24N4O3. The highest BCUT2D eigenvalue weighted by molar-refractivity contribution is 5.44. The fourth-order valence-electron chi connectivity index (χ4n) is 2.93. The molecule has 0 aliphatic carbocycles. The summed E-state index contributed by atoms with van der Waals surface area (Å²) >= 11 is 0. The van der Waals surface area contributed by atoms with Crippen LogP contribution in [-0.4, -0.2) is 51.1 Å². The van der Waals surface area contributed by atoms with Gasteiger partial charge >= 0.3 is 0 Å². The Labute approximate surface area is 141 Å². The molecule has 1 unspecified atom stereocenters. The monoisotopic (exact) mass is 332 g/mol. The molecule has 7 heteroatoms. The van der Waals surface area contributed by atoms with Crippen LogP contribution >= 0.6 is 0 Å². The van der Waals surface area contributed by atoms with Crippen LogP contribution in [0.15, 0.2) is 24.5 Å². The standard InChI is InChI=1S/C17H24N4O3/c1-3-21-17(18-12-19-21)11-20(6-7-22)13(2)14-4-5-15-16(10-14)24-9-8-23-15/h4-5,10,12-13,22H,3,6-9,11H2,1-2H3. The molecule has 1 N–H and O–H groups in total. The normalized spacial score (nSPS) is 14.8. The summed E-state index contributed by atoms with van der Waals surface area (Å²) in [6.45, 7) is 7.38. The van der Waals surface area contributed by atoms with Crippen LogP contribution in [0.5, 0.6) is 11.5 Å². The molecule has 130 valence electrons. The Bertz CT molecular complexity index is 674. The second-order valence-electron chi connectivity index (χ2n) is 5.77. The van der Waals surface area contributed by atoms with Crippen LogP contribution < -0.4 is 9.47 Å². The minimum Gasteiger partial charge on any atom is -0.486 e. The highest BCUT2D eigenvalue weighted by Gasteiger charge is 2.20. The Balaban J connectivity index is 1.80. The zero-order valence-corrected chi connectivity index (χ0v) is 14.2. The van der Waals surface area contributed by atoms with Gasteiger partial charge in [0.25, 0.3) is 0 Å². The molecule has 0 saturated carbocycles. The van der Waals surface area contributed by atoms with Gasteiger partial charge in [-0.2, -0.15) is 5.10 Å². The van der Waals surface area contributed by atoms with Crippen molar-refractivity contribution in [3.63, 3.8) is 0 Å². The lowest BCUT2D eigenvalue weighted by molar-refractivity contribution is 0.145. The Morgan fingerprint density at radius 2 is 2.08 bits per heavy atom. The van der Waals surface area contributed by atoms with Gasteiger partial charge in [0.1, 0.15) is 25.4 Å². The maximum Gasteiger partial charge on any atom is 0.161 e. The third kappa shape index (κ3) is 3.52. The van der Waals surface area contributed by atoms with Crippen LogP contribution in [0.25, 0.3) is 0 Å². The number of hydrogen-bond donors (Lipinski definition) is 1. The molecule has 1 aliphatic heterocycles. The summed E-state index contributed by atoms with van der Waals surface area (Å²) in [5, 5.41) is 13.7. The lowest BCUT2D eigenvalue weighted by Crippen LogP contribution is -2.31. The van der Waals surface area contributed by atoms with E-state index >= 15 is 0 Å². The maximum atomic E-state index is 9.45. The minimum absolute atomic E-state index is 0.0924. The van der Waals surface area contributed by atoms with Crippen molar-refractivity contribution >= 4 is 0 Å². The van der Waals surface area contributed by atoms with Crippen molar-refractivity contribution in [1.29, 1.82) is 0 Å². The Morgan fingerprint density at radius 1 is 1.29 bits per heavy atom. The van der Waals surface area contributed by atoms with Gasteiger partial charge in [0.05, 0.1) is 13.2 Å². The smallest absolute Gasteiger partial charge is 0.161 e. The number of fused-ring (bicyclic) bond motifs is 1. The summed E-state index contributed by atoms with van der Waals surface area (Å²) in [6.07, 6.45) is 1.57. The molecule has 3 rings (SSSR count). The lowest BCUT2D eigenvalue weighted by atomic mass is 10.1. The Hall–Kier alpha value is -2.12. The van der Waals surface area contributed by atoms with E-state index in [1.165, 1.54) is 0 Å². The molecule has 0 saturated heterocycles. The summed E-state index contributed by atoms with van der Waals surface area (Å²) in [4.78, 5) is 6.52. The van der Waals surface area contributed by atoms with E-state index < -0.39 is 0 Å². The van der Waals surface area contributed by atoms with Gasteiger partial charge in [0, 0.05) is 19.1 Å². The maximum absolute atomic E-state index is 9.45. The predicted octanol–water partition coefficient (Wildman–Crippen LogP) is 1.62. The van der Waals surface area contributed by atoms with Gasteiger partial charge < -0.3 is 14.6 Å². The first kappa shape index (κ1) is 16.7. The van der Waals surface area contributed by atoms with E-state index in [4.69, 9.17) is 9.47 Å². The van der Waals surface area contributed by atoms with Crippen molar-refractivity contribution in [3.05, 3.63) is 35.9 Å². The van der Waals surface area contributed by atoms with E-state index in [1.54, 1.807) is 6.33 Å². The predicted molar refractivity (Wildman–Crippen MR) is 89.0 cm³/mol. The number of aliphatic hydroxyl groups is 1. The molecule has 1 aliphatic rings. The van der Waals surface area contributed by atoms with E-state index in [9.17, 15) is 5.11 Å². The van der Waals surface area contributed by atoms with Crippen LogP contribution in [0.4, 0.5) is 0 Å². The largest absolute Gasteiger partial charge is 0.486 e. The average Bonchev–Trinajstić information content (AvgIpc) is 3.07. The summed E-state index contributed by atoms with van der Waals surface area (Å²) < 4.78 is 13.1. The van der Waals surface area contributed by atoms with Gasteiger partial charge in [-0.3, -0.25) is 4.90 Å². The van der Waals surface area contributed by atoms with Crippen molar-refractivity contribution < 1.29 is 14.6 Å². The molecule has 0 fully saturated rings. The highest BCUT2D eigenvalue weighted by Crippen LogP contribution is 2.34. The third-order valence-electron chi connectivity index (χ3n) is 4.32. The summed E-state index contributed by atoms with van der Waals surface area (Å²) in [5.41, 5.74) is 1.12. The molecule has 24 heavy (non-hydrogen) atoms. The number of rotatable bonds is 7. The number of nitrogens with zero attached hydrogens (tertiary/aromatic N) is 4. The van der Waals surface area contributed by atoms with E-state index in [-0.39, 0.29) is 12.6 Å². The summed E-state index contributed by atoms with van der Waals surface area (Å²) in [5.74, 6) is 2.47. The van der Waals surface area contributed by atoms with Crippen molar-refractivity contribution in [2.24, 2.45) is 0 Å². The zero-order valence-electron chi connectivity index (χ0n) is 14.2. The third-order valence-corrected chi connectivity index (χ3v) is 4.32. The molecule has 7 nitrogen and oxygen atoms in total. The molecule has 1 aromatic carbocycles. The van der Waals surface area contributed by atoms with Crippen LogP contribution in [0.1, 0.15) is 31.3 Å². The first-order valence-corrected chi connectivity index (χ1v) is 8.34. The first-order chi connectivity index (χ1) is 11.7. The molecule has 2 heterocycles. The van der Waals surface area contributed by atoms with Crippen LogP contribution in [0.2, 0.25) is 0 Å². The van der Waals surface area contributed by atoms with Crippen molar-refractivity contribution in [2.75, 3.05) is 26.4 Å². The number of aryl methyl sites for hydroxylation is 1. The van der Waals surface area contributed by atoms with Gasteiger partial charge in [0.15, 0.2) is 11.5 Å². The molecule has 0 bridgehead atoms. The number of benzene rings is 1. The fraction of sp³-hybridized carbons (Fsp3) is 0.529. The van der Waals surface area contributed by atoms with Crippen molar-refractivity contribution in [2.45, 2.75) is 33.0 Å². The zero-order chi connectivity index (χ0) is 16.9. The first-order valence-electron chi connectivity index (χ1n) is 8.34. The number of aromatic nitrogens is 3. The van der Waals surface area contributed by atoms with Crippen LogP contribution in [0.3, 0.4) is 0 Å². The Kier molecular flexibility index (Phi) is 5.32. The van der Waals surface area contributed by atoms with E-state index in [0.717, 1.165) is 29.4 Å². The molecule has 0 spiro atoms. The lowest BCUT2D eigenvalue weighted by Gasteiger charge is -2.29. The van der Waals surface area contributed by atoms with Crippen LogP contribution in [0, 0.1) is 0 Å². The second-order valence-corrected chi connectivity index (χ2v) is 5.77. The molecule has 1 atom stereocenters. The van der Waals surface area contributed by atoms with Crippen molar-refractivity contribution in [3.8, 4) is 11.5 Å². The highest BCUT2D eigenvalue weighted by atomic mass is 16.6. The Morgan fingerprint density at radius 3 is 2.83 bits per heavy atom. The molecular weight excluding hydrogens is 308 g/mol. The molecule has 0 amide bonds. The second kappa shape index (κ2) is 7.63. The van der Waals surface area contributed by atoms with Gasteiger partial charge in [-0.1, -0.05) is 6.07 Å². The molecule has 2 aromatic rings.